The van der Waals surface area contributed by atoms with E-state index in [1.165, 1.54) is 0 Å². The fraction of sp³-hybridized carbons (Fsp3) is 0.333. The Balaban J connectivity index is 3.22. The van der Waals surface area contributed by atoms with Crippen molar-refractivity contribution in [3.8, 4) is 0 Å². The molecule has 5 nitrogen and oxygen atoms in total. The van der Waals surface area contributed by atoms with E-state index in [0.29, 0.717) is 0 Å². The Hall–Kier alpha value is -1.76. The monoisotopic (exact) mass is 231 g/mol. The molecule has 0 radical (unpaired) electrons. The number of carbonyl (C=O) groups is 1. The van der Waals surface area contributed by atoms with Crippen LogP contribution in [0.1, 0.15) is 23.2 Å². The maximum atomic E-state index is 12.6. The zero-order valence-electron chi connectivity index (χ0n) is 8.28. The number of nitrogens with two attached hydrogens (primary N) is 2. The van der Waals surface area contributed by atoms with Gasteiger partial charge in [0.15, 0.2) is 0 Å². The van der Waals surface area contributed by atoms with Gasteiger partial charge in [-0.25, -0.2) is 13.8 Å². The van der Waals surface area contributed by atoms with Crippen LogP contribution < -0.4 is 11.5 Å². The molecule has 1 aromatic heterocycles. The first-order valence-corrected chi connectivity index (χ1v) is 4.43. The third kappa shape index (κ3) is 2.63. The summed E-state index contributed by atoms with van der Waals surface area (Å²) in [5.74, 6) is -1.30. The van der Waals surface area contributed by atoms with Crippen LogP contribution in [0.15, 0.2) is 6.07 Å². The predicted molar refractivity (Wildman–Crippen MR) is 52.8 cm³/mol. The molecular formula is C9H11F2N3O2. The number of halogens is 2. The van der Waals surface area contributed by atoms with Crippen molar-refractivity contribution in [2.75, 3.05) is 5.73 Å². The van der Waals surface area contributed by atoms with Gasteiger partial charge in [-0.1, -0.05) is 0 Å². The second-order valence-corrected chi connectivity index (χ2v) is 3.14. The van der Waals surface area contributed by atoms with Crippen LogP contribution in [0.2, 0.25) is 0 Å². The number of anilines is 1. The normalized spacial score (nSPS) is 10.8. The number of alkyl halides is 2. The Bertz CT molecular complexity index is 410. The zero-order valence-corrected chi connectivity index (χ0v) is 8.28. The van der Waals surface area contributed by atoms with Crippen molar-refractivity contribution < 1.29 is 18.7 Å². The molecule has 0 fully saturated rings. The SMILES string of the molecule is NCc1c(C(F)F)cc(CC(=O)O)nc1N. The molecule has 0 aliphatic heterocycles. The highest BCUT2D eigenvalue weighted by Crippen LogP contribution is 2.26. The van der Waals surface area contributed by atoms with Gasteiger partial charge in [0.2, 0.25) is 0 Å². The topological polar surface area (TPSA) is 102 Å². The molecule has 88 valence electrons. The average molecular weight is 231 g/mol. The quantitative estimate of drug-likeness (QED) is 0.707. The Morgan fingerprint density at radius 2 is 2.19 bits per heavy atom. The van der Waals surface area contributed by atoms with Crippen LogP contribution in [0.3, 0.4) is 0 Å². The van der Waals surface area contributed by atoms with E-state index in [1.807, 2.05) is 0 Å². The van der Waals surface area contributed by atoms with Crippen molar-refractivity contribution in [1.82, 2.24) is 4.98 Å². The first kappa shape index (κ1) is 12.3. The van der Waals surface area contributed by atoms with E-state index in [2.05, 4.69) is 4.98 Å². The number of hydrogen-bond acceptors (Lipinski definition) is 4. The van der Waals surface area contributed by atoms with Gasteiger partial charge in [0.1, 0.15) is 5.82 Å². The Kier molecular flexibility index (Phi) is 3.73. The first-order valence-electron chi connectivity index (χ1n) is 4.43. The Labute approximate surface area is 90.1 Å². The molecule has 0 amide bonds. The lowest BCUT2D eigenvalue weighted by molar-refractivity contribution is -0.136. The maximum absolute atomic E-state index is 12.6. The van der Waals surface area contributed by atoms with Crippen molar-refractivity contribution in [3.63, 3.8) is 0 Å². The third-order valence-corrected chi connectivity index (χ3v) is 2.02. The molecule has 0 aromatic carbocycles. The number of carboxylic acid groups (broad SMARTS) is 1. The lowest BCUT2D eigenvalue weighted by Crippen LogP contribution is -2.12. The van der Waals surface area contributed by atoms with Crippen molar-refractivity contribution in [3.05, 3.63) is 22.9 Å². The molecular weight excluding hydrogens is 220 g/mol. The van der Waals surface area contributed by atoms with E-state index >= 15 is 0 Å². The van der Waals surface area contributed by atoms with Crippen molar-refractivity contribution in [1.29, 1.82) is 0 Å². The van der Waals surface area contributed by atoms with Gasteiger partial charge in [-0.2, -0.15) is 0 Å². The Morgan fingerprint density at radius 3 is 2.62 bits per heavy atom. The van der Waals surface area contributed by atoms with Crippen molar-refractivity contribution >= 4 is 11.8 Å². The summed E-state index contributed by atoms with van der Waals surface area (Å²) in [5.41, 5.74) is 10.4. The largest absolute Gasteiger partial charge is 0.481 e. The number of hydrogen-bond donors (Lipinski definition) is 3. The molecule has 5 N–H and O–H groups in total. The molecule has 0 saturated heterocycles. The fourth-order valence-corrected chi connectivity index (χ4v) is 1.33. The number of nitrogen functional groups attached to an aromatic ring is 1. The smallest absolute Gasteiger partial charge is 0.309 e. The molecule has 0 unspecified atom stereocenters. The van der Waals surface area contributed by atoms with Crippen LogP contribution in [-0.2, 0) is 17.8 Å². The average Bonchev–Trinajstić information content (AvgIpc) is 2.15. The number of pyridine rings is 1. The van der Waals surface area contributed by atoms with Gasteiger partial charge < -0.3 is 16.6 Å². The van der Waals surface area contributed by atoms with Gasteiger partial charge in [-0.15, -0.1) is 0 Å². The van der Waals surface area contributed by atoms with Crippen LogP contribution in [-0.4, -0.2) is 16.1 Å². The summed E-state index contributed by atoms with van der Waals surface area (Å²) in [5, 5.41) is 8.52. The highest BCUT2D eigenvalue weighted by Gasteiger charge is 2.17. The summed E-state index contributed by atoms with van der Waals surface area (Å²) in [7, 11) is 0. The third-order valence-electron chi connectivity index (χ3n) is 2.02. The van der Waals surface area contributed by atoms with Gasteiger partial charge >= 0.3 is 5.97 Å². The van der Waals surface area contributed by atoms with Crippen LogP contribution in [0.5, 0.6) is 0 Å². The second kappa shape index (κ2) is 4.84. The van der Waals surface area contributed by atoms with Crippen molar-refractivity contribution in [2.24, 2.45) is 5.73 Å². The van der Waals surface area contributed by atoms with E-state index in [0.717, 1.165) is 6.07 Å². The van der Waals surface area contributed by atoms with Crippen LogP contribution >= 0.6 is 0 Å². The summed E-state index contributed by atoms with van der Waals surface area (Å²) in [4.78, 5) is 14.1. The number of nitrogens with zero attached hydrogens (tertiary/aromatic N) is 1. The van der Waals surface area contributed by atoms with E-state index in [1.54, 1.807) is 0 Å². The molecule has 0 bridgehead atoms. The van der Waals surface area contributed by atoms with E-state index in [9.17, 15) is 13.6 Å². The lowest BCUT2D eigenvalue weighted by atomic mass is 10.1. The molecule has 0 saturated carbocycles. The summed E-state index contributed by atoms with van der Waals surface area (Å²) in [6.07, 6.45) is -3.20. The van der Waals surface area contributed by atoms with E-state index in [4.69, 9.17) is 16.6 Å². The van der Waals surface area contributed by atoms with E-state index in [-0.39, 0.29) is 29.2 Å². The van der Waals surface area contributed by atoms with Gasteiger partial charge in [0, 0.05) is 17.7 Å². The minimum atomic E-state index is -2.75. The molecule has 0 aliphatic carbocycles. The van der Waals surface area contributed by atoms with Crippen LogP contribution in [0, 0.1) is 0 Å². The van der Waals surface area contributed by atoms with Crippen LogP contribution in [0.25, 0.3) is 0 Å². The molecule has 1 heterocycles. The minimum absolute atomic E-state index is 0.00231. The summed E-state index contributed by atoms with van der Waals surface area (Å²) >= 11 is 0. The molecule has 0 aliphatic rings. The number of aliphatic carboxylic acids is 1. The molecule has 16 heavy (non-hydrogen) atoms. The minimum Gasteiger partial charge on any atom is -0.481 e. The van der Waals surface area contributed by atoms with Crippen LogP contribution in [0.4, 0.5) is 14.6 Å². The number of rotatable bonds is 4. The molecule has 0 atom stereocenters. The van der Waals surface area contributed by atoms with Gasteiger partial charge in [0.25, 0.3) is 6.43 Å². The van der Waals surface area contributed by atoms with Crippen molar-refractivity contribution in [2.45, 2.75) is 19.4 Å². The molecule has 7 heteroatoms. The first-order chi connectivity index (χ1) is 7.45. The summed E-state index contributed by atoms with van der Waals surface area (Å²) < 4.78 is 25.3. The lowest BCUT2D eigenvalue weighted by Gasteiger charge is -2.11. The van der Waals surface area contributed by atoms with Gasteiger partial charge in [0.05, 0.1) is 12.1 Å². The second-order valence-electron chi connectivity index (χ2n) is 3.14. The highest BCUT2D eigenvalue weighted by atomic mass is 19.3. The Morgan fingerprint density at radius 1 is 1.56 bits per heavy atom. The summed E-state index contributed by atoms with van der Waals surface area (Å²) in [6, 6.07) is 1.03. The fourth-order valence-electron chi connectivity index (χ4n) is 1.33. The highest BCUT2D eigenvalue weighted by molar-refractivity contribution is 5.70. The zero-order chi connectivity index (χ0) is 12.3. The number of carboxylic acids is 1. The maximum Gasteiger partial charge on any atom is 0.309 e. The summed E-state index contributed by atoms with van der Waals surface area (Å²) in [6.45, 7) is -0.161. The standard InChI is InChI=1S/C9H11F2N3O2/c10-8(11)5-1-4(2-7(15)16)14-9(13)6(5)3-12/h1,8H,2-3,12H2,(H2,13,14)(H,15,16). The van der Waals surface area contributed by atoms with Gasteiger partial charge in [-0.3, -0.25) is 4.79 Å². The molecule has 0 spiro atoms. The van der Waals surface area contributed by atoms with E-state index < -0.39 is 18.8 Å². The number of aromatic nitrogens is 1. The molecule has 1 aromatic rings. The van der Waals surface area contributed by atoms with Gasteiger partial charge in [-0.05, 0) is 6.07 Å². The predicted octanol–water partition coefficient (Wildman–Crippen LogP) is 0.687. The molecule has 1 rings (SSSR count).